The molecule has 162 valence electrons. The summed E-state index contributed by atoms with van der Waals surface area (Å²) >= 11 is 0. The van der Waals surface area contributed by atoms with Crippen LogP contribution in [0.25, 0.3) is 0 Å². The monoisotopic (exact) mass is 419 g/mol. The summed E-state index contributed by atoms with van der Waals surface area (Å²) in [7, 11) is 0. The molecule has 0 bridgehead atoms. The van der Waals surface area contributed by atoms with Crippen molar-refractivity contribution in [3.63, 3.8) is 0 Å². The average molecular weight is 419 g/mol. The van der Waals surface area contributed by atoms with Crippen molar-refractivity contribution in [2.75, 3.05) is 24.7 Å². The normalized spacial score (nSPS) is 18.7. The van der Waals surface area contributed by atoms with Crippen LogP contribution in [-0.2, 0) is 19.1 Å². The van der Waals surface area contributed by atoms with Crippen molar-refractivity contribution in [3.8, 4) is 11.5 Å². The third-order valence-electron chi connectivity index (χ3n) is 4.61. The Hall–Kier alpha value is -3.30. The molecule has 1 saturated heterocycles. The molecule has 1 aromatic rings. The number of benzene rings is 1. The van der Waals surface area contributed by atoms with Crippen molar-refractivity contribution in [1.82, 2.24) is 10.6 Å². The Labute approximate surface area is 173 Å². The van der Waals surface area contributed by atoms with Crippen LogP contribution in [0.4, 0.5) is 10.5 Å². The minimum Gasteiger partial charge on any atom is -0.486 e. The second-order valence-corrected chi connectivity index (χ2v) is 7.43. The van der Waals surface area contributed by atoms with Crippen LogP contribution in [-0.4, -0.2) is 55.7 Å². The summed E-state index contributed by atoms with van der Waals surface area (Å²) in [6, 6.07) is 4.33. The number of imide groups is 1. The summed E-state index contributed by atoms with van der Waals surface area (Å²) < 4.78 is 16.2. The number of carbonyl (C=O) groups excluding carboxylic acids is 4. The third kappa shape index (κ3) is 5.00. The summed E-state index contributed by atoms with van der Waals surface area (Å²) in [4.78, 5) is 50.0. The van der Waals surface area contributed by atoms with Crippen LogP contribution in [0.1, 0.15) is 27.2 Å². The summed E-state index contributed by atoms with van der Waals surface area (Å²) in [6.07, 6.45) is -1.20. The highest BCUT2D eigenvalue weighted by Gasteiger charge is 2.37. The Morgan fingerprint density at radius 2 is 1.83 bits per heavy atom. The molecule has 1 fully saturated rings. The fourth-order valence-electron chi connectivity index (χ4n) is 3.15. The number of fused-ring (bicyclic) bond motifs is 1. The standard InChI is InChI=1S/C20H25N3O7/c1-11(2)21-20(27)22-18(25)12(3)30-19(26)13-8-17(24)23(10-13)14-4-5-15-16(9-14)29-7-6-28-15/h4-5,9,11-13H,6-8,10H2,1-3H3,(H2,21,22,25,27)/t12-,13-/m1/s1. The van der Waals surface area contributed by atoms with E-state index in [-0.39, 0.29) is 24.9 Å². The number of ether oxygens (including phenoxy) is 3. The van der Waals surface area contributed by atoms with E-state index < -0.39 is 29.9 Å². The molecule has 0 spiro atoms. The zero-order chi connectivity index (χ0) is 21.8. The Morgan fingerprint density at radius 1 is 1.13 bits per heavy atom. The number of anilines is 1. The molecule has 0 aromatic heterocycles. The highest BCUT2D eigenvalue weighted by atomic mass is 16.6. The van der Waals surface area contributed by atoms with Gasteiger partial charge in [-0.1, -0.05) is 0 Å². The molecule has 0 unspecified atom stereocenters. The van der Waals surface area contributed by atoms with Crippen molar-refractivity contribution in [2.45, 2.75) is 39.3 Å². The predicted octanol–water partition coefficient (Wildman–Crippen LogP) is 0.977. The zero-order valence-electron chi connectivity index (χ0n) is 17.1. The Morgan fingerprint density at radius 3 is 2.53 bits per heavy atom. The van der Waals surface area contributed by atoms with Crippen molar-refractivity contribution in [3.05, 3.63) is 18.2 Å². The van der Waals surface area contributed by atoms with E-state index in [0.717, 1.165) is 0 Å². The first-order valence-corrected chi connectivity index (χ1v) is 9.76. The molecule has 0 aliphatic carbocycles. The molecule has 2 aliphatic rings. The predicted molar refractivity (Wildman–Crippen MR) is 105 cm³/mol. The quantitative estimate of drug-likeness (QED) is 0.682. The highest BCUT2D eigenvalue weighted by Crippen LogP contribution is 2.36. The summed E-state index contributed by atoms with van der Waals surface area (Å²) in [5.41, 5.74) is 0.593. The molecule has 2 N–H and O–H groups in total. The second kappa shape index (κ2) is 9.02. The van der Waals surface area contributed by atoms with Gasteiger partial charge < -0.3 is 24.4 Å². The van der Waals surface area contributed by atoms with Crippen LogP contribution < -0.4 is 25.0 Å². The molecule has 10 heteroatoms. The molecule has 2 aliphatic heterocycles. The molecular weight excluding hydrogens is 394 g/mol. The van der Waals surface area contributed by atoms with E-state index in [9.17, 15) is 19.2 Å². The molecule has 2 atom stereocenters. The number of nitrogens with zero attached hydrogens (tertiary/aromatic N) is 1. The number of hydrogen-bond acceptors (Lipinski definition) is 7. The van der Waals surface area contributed by atoms with Crippen LogP contribution in [0, 0.1) is 5.92 Å². The van der Waals surface area contributed by atoms with Gasteiger partial charge in [0.25, 0.3) is 5.91 Å². The Bertz CT molecular complexity index is 855. The molecular formula is C20H25N3O7. The molecule has 4 amide bonds. The number of esters is 1. The van der Waals surface area contributed by atoms with Crippen LogP contribution in [0.3, 0.4) is 0 Å². The molecule has 1 aromatic carbocycles. The molecule has 3 rings (SSSR count). The van der Waals surface area contributed by atoms with Crippen molar-refractivity contribution in [1.29, 1.82) is 0 Å². The maximum Gasteiger partial charge on any atom is 0.321 e. The first-order valence-electron chi connectivity index (χ1n) is 9.76. The number of carbonyl (C=O) groups is 4. The van der Waals surface area contributed by atoms with E-state index in [1.54, 1.807) is 32.0 Å². The van der Waals surface area contributed by atoms with Gasteiger partial charge in [-0.3, -0.25) is 19.7 Å². The van der Waals surface area contributed by atoms with E-state index in [4.69, 9.17) is 14.2 Å². The molecule has 30 heavy (non-hydrogen) atoms. The fraction of sp³-hybridized carbons (Fsp3) is 0.500. The van der Waals surface area contributed by atoms with Crippen molar-refractivity contribution < 1.29 is 33.4 Å². The Balaban J connectivity index is 1.57. The van der Waals surface area contributed by atoms with Gasteiger partial charge in [0, 0.05) is 30.8 Å². The maximum atomic E-state index is 12.5. The lowest BCUT2D eigenvalue weighted by Crippen LogP contribution is -2.47. The lowest BCUT2D eigenvalue weighted by Gasteiger charge is -2.22. The summed E-state index contributed by atoms with van der Waals surface area (Å²) in [6.45, 7) is 5.88. The van der Waals surface area contributed by atoms with E-state index >= 15 is 0 Å². The van der Waals surface area contributed by atoms with Gasteiger partial charge in [-0.05, 0) is 32.9 Å². The minimum absolute atomic E-state index is 0.0323. The first kappa shape index (κ1) is 21.4. The van der Waals surface area contributed by atoms with Gasteiger partial charge in [0.2, 0.25) is 5.91 Å². The number of nitrogens with one attached hydrogen (secondary N) is 2. The summed E-state index contributed by atoms with van der Waals surface area (Å²) in [5, 5.41) is 4.62. The van der Waals surface area contributed by atoms with E-state index in [0.29, 0.717) is 30.4 Å². The van der Waals surface area contributed by atoms with Gasteiger partial charge >= 0.3 is 12.0 Å². The average Bonchev–Trinajstić information content (AvgIpc) is 3.08. The third-order valence-corrected chi connectivity index (χ3v) is 4.61. The number of amides is 4. The zero-order valence-corrected chi connectivity index (χ0v) is 17.1. The van der Waals surface area contributed by atoms with Crippen LogP contribution in [0.15, 0.2) is 18.2 Å². The lowest BCUT2D eigenvalue weighted by atomic mass is 10.1. The first-order chi connectivity index (χ1) is 14.2. The molecule has 0 saturated carbocycles. The number of urea groups is 1. The van der Waals surface area contributed by atoms with Crippen LogP contribution in [0.2, 0.25) is 0 Å². The van der Waals surface area contributed by atoms with Crippen molar-refractivity contribution in [2.24, 2.45) is 5.92 Å². The highest BCUT2D eigenvalue weighted by molar-refractivity contribution is 6.00. The topological polar surface area (TPSA) is 123 Å². The van der Waals surface area contributed by atoms with Crippen LogP contribution >= 0.6 is 0 Å². The van der Waals surface area contributed by atoms with Gasteiger partial charge in [-0.2, -0.15) is 0 Å². The fourth-order valence-corrected chi connectivity index (χ4v) is 3.15. The minimum atomic E-state index is -1.17. The van der Waals surface area contributed by atoms with Crippen molar-refractivity contribution >= 4 is 29.5 Å². The smallest absolute Gasteiger partial charge is 0.321 e. The van der Waals surface area contributed by atoms with E-state index in [1.807, 2.05) is 0 Å². The van der Waals surface area contributed by atoms with Gasteiger partial charge in [-0.15, -0.1) is 0 Å². The maximum absolute atomic E-state index is 12.5. The number of hydrogen-bond donors (Lipinski definition) is 2. The molecule has 0 radical (unpaired) electrons. The van der Waals surface area contributed by atoms with Gasteiger partial charge in [0.05, 0.1) is 5.92 Å². The van der Waals surface area contributed by atoms with E-state index in [2.05, 4.69) is 10.6 Å². The Kier molecular flexibility index (Phi) is 6.43. The van der Waals surface area contributed by atoms with Crippen LogP contribution in [0.5, 0.6) is 11.5 Å². The van der Waals surface area contributed by atoms with Gasteiger partial charge in [-0.25, -0.2) is 4.79 Å². The van der Waals surface area contributed by atoms with Gasteiger partial charge in [0.1, 0.15) is 13.2 Å². The largest absolute Gasteiger partial charge is 0.486 e. The SMILES string of the molecule is CC(C)NC(=O)NC(=O)[C@@H](C)OC(=O)[C@@H]1CC(=O)N(c2ccc3c(c2)OCCO3)C1. The lowest BCUT2D eigenvalue weighted by molar-refractivity contribution is -0.158. The number of rotatable bonds is 5. The molecule has 10 nitrogen and oxygen atoms in total. The molecule has 2 heterocycles. The summed E-state index contributed by atoms with van der Waals surface area (Å²) in [5.74, 6) is -1.21. The second-order valence-electron chi connectivity index (χ2n) is 7.43. The van der Waals surface area contributed by atoms with Gasteiger partial charge in [0.15, 0.2) is 17.6 Å². The van der Waals surface area contributed by atoms with E-state index in [1.165, 1.54) is 11.8 Å².